The van der Waals surface area contributed by atoms with Gasteiger partial charge in [-0.25, -0.2) is 13.4 Å². The van der Waals surface area contributed by atoms with Gasteiger partial charge in [-0.05, 0) is 31.2 Å². The van der Waals surface area contributed by atoms with E-state index in [0.29, 0.717) is 44.1 Å². The number of carbonyl (C=O) groups excluding carboxylic acids is 1. The number of para-hydroxylation sites is 1. The summed E-state index contributed by atoms with van der Waals surface area (Å²) in [5.74, 6) is 0.856. The zero-order valence-electron chi connectivity index (χ0n) is 16.5. The zero-order chi connectivity index (χ0) is 20.7. The molecular formula is C20H26N4O4S. The molecule has 0 atom stereocenters. The van der Waals surface area contributed by atoms with Crippen molar-refractivity contribution in [2.75, 3.05) is 50.0 Å². The second-order valence-electron chi connectivity index (χ2n) is 6.58. The number of hydrogen-bond donors (Lipinski definition) is 1. The highest BCUT2D eigenvalue weighted by atomic mass is 32.2. The molecular weight excluding hydrogens is 392 g/mol. The number of rotatable bonds is 8. The molecule has 8 nitrogen and oxygen atoms in total. The molecule has 1 amide bonds. The molecule has 2 heterocycles. The van der Waals surface area contributed by atoms with E-state index in [-0.39, 0.29) is 18.2 Å². The Hall–Kier alpha value is -2.65. The van der Waals surface area contributed by atoms with Crippen molar-refractivity contribution in [3.63, 3.8) is 0 Å². The number of amides is 1. The van der Waals surface area contributed by atoms with Gasteiger partial charge in [-0.1, -0.05) is 18.2 Å². The normalized spacial score (nSPS) is 15.1. The van der Waals surface area contributed by atoms with Crippen LogP contribution in [-0.2, 0) is 10.0 Å². The Balaban J connectivity index is 1.50. The molecule has 0 radical (unpaired) electrons. The predicted molar refractivity (Wildman–Crippen MR) is 112 cm³/mol. The summed E-state index contributed by atoms with van der Waals surface area (Å²) in [4.78, 5) is 18.8. The maximum atomic E-state index is 12.6. The van der Waals surface area contributed by atoms with Gasteiger partial charge in [0.25, 0.3) is 5.91 Å². The fraction of sp³-hybridized carbons (Fsp3) is 0.400. The van der Waals surface area contributed by atoms with E-state index in [1.165, 1.54) is 4.31 Å². The summed E-state index contributed by atoms with van der Waals surface area (Å²) in [6.45, 7) is 4.31. The molecule has 1 N–H and O–H groups in total. The maximum absolute atomic E-state index is 12.6. The molecule has 156 valence electrons. The maximum Gasteiger partial charge on any atom is 0.255 e. The molecule has 29 heavy (non-hydrogen) atoms. The van der Waals surface area contributed by atoms with Crippen LogP contribution >= 0.6 is 0 Å². The van der Waals surface area contributed by atoms with Gasteiger partial charge in [-0.3, -0.25) is 4.79 Å². The Morgan fingerprint density at radius 3 is 2.52 bits per heavy atom. The van der Waals surface area contributed by atoms with Crippen LogP contribution in [-0.4, -0.2) is 68.7 Å². The number of pyridine rings is 1. The van der Waals surface area contributed by atoms with Gasteiger partial charge in [0, 0.05) is 38.9 Å². The highest BCUT2D eigenvalue weighted by Crippen LogP contribution is 2.18. The summed E-state index contributed by atoms with van der Waals surface area (Å²) >= 11 is 0. The minimum Gasteiger partial charge on any atom is -0.493 e. The van der Waals surface area contributed by atoms with Crippen molar-refractivity contribution in [1.29, 1.82) is 0 Å². The third kappa shape index (κ3) is 5.45. The molecule has 0 bridgehead atoms. The zero-order valence-corrected chi connectivity index (χ0v) is 17.3. The van der Waals surface area contributed by atoms with E-state index in [4.69, 9.17) is 4.74 Å². The summed E-state index contributed by atoms with van der Waals surface area (Å²) < 4.78 is 32.2. The van der Waals surface area contributed by atoms with Crippen LogP contribution in [0.15, 0.2) is 48.7 Å². The molecule has 1 fully saturated rings. The Bertz CT molecular complexity index is 913. The predicted octanol–water partition coefficient (Wildman–Crippen LogP) is 1.36. The van der Waals surface area contributed by atoms with Gasteiger partial charge in [0.1, 0.15) is 11.6 Å². The van der Waals surface area contributed by atoms with Crippen LogP contribution in [0.25, 0.3) is 0 Å². The smallest absolute Gasteiger partial charge is 0.255 e. The number of piperazine rings is 1. The van der Waals surface area contributed by atoms with Crippen molar-refractivity contribution in [2.24, 2.45) is 0 Å². The topological polar surface area (TPSA) is 91.8 Å². The summed E-state index contributed by atoms with van der Waals surface area (Å²) in [7, 11) is -3.45. The molecule has 0 aliphatic carbocycles. The third-order valence-corrected chi connectivity index (χ3v) is 6.55. The number of nitrogens with zero attached hydrogens (tertiary/aromatic N) is 3. The summed E-state index contributed by atoms with van der Waals surface area (Å²) in [5, 5.41) is 2.68. The third-order valence-electron chi connectivity index (χ3n) is 4.68. The van der Waals surface area contributed by atoms with Crippen molar-refractivity contribution in [1.82, 2.24) is 14.6 Å². The molecule has 9 heteroatoms. The van der Waals surface area contributed by atoms with E-state index in [1.54, 1.807) is 30.5 Å². The number of anilines is 1. The number of hydrogen-bond acceptors (Lipinski definition) is 6. The first-order valence-corrected chi connectivity index (χ1v) is 11.3. The average molecular weight is 419 g/mol. The van der Waals surface area contributed by atoms with Crippen LogP contribution < -0.4 is 15.0 Å². The summed E-state index contributed by atoms with van der Waals surface area (Å²) in [6, 6.07) is 12.6. The quantitative estimate of drug-likeness (QED) is 0.696. The molecule has 1 aromatic heterocycles. The second-order valence-corrected chi connectivity index (χ2v) is 8.66. The van der Waals surface area contributed by atoms with Gasteiger partial charge in [-0.15, -0.1) is 0 Å². The highest BCUT2D eigenvalue weighted by molar-refractivity contribution is 7.89. The fourth-order valence-electron chi connectivity index (χ4n) is 3.19. The van der Waals surface area contributed by atoms with Crippen LogP contribution in [0.1, 0.15) is 17.3 Å². The van der Waals surface area contributed by atoms with Gasteiger partial charge in [0.2, 0.25) is 10.0 Å². The lowest BCUT2D eigenvalue weighted by Gasteiger charge is -2.34. The Labute approximate surface area is 171 Å². The number of nitrogens with one attached hydrogen (secondary N) is 1. The molecule has 0 saturated carbocycles. The van der Waals surface area contributed by atoms with E-state index in [9.17, 15) is 13.2 Å². The number of ether oxygens (including phenoxy) is 1. The monoisotopic (exact) mass is 418 g/mol. The van der Waals surface area contributed by atoms with Crippen LogP contribution in [0.3, 0.4) is 0 Å². The molecule has 1 aromatic carbocycles. The second kappa shape index (κ2) is 9.71. The minimum absolute atomic E-state index is 0.0437. The standard InChI is InChI=1S/C20H26N4O4S/c1-2-28-18-8-4-3-7-17(18)20(25)22-11-16-29(26,27)24-14-12-23(13-15-24)19-9-5-6-10-21-19/h3-10H,2,11-16H2,1H3,(H,22,25). The lowest BCUT2D eigenvalue weighted by Crippen LogP contribution is -2.50. The first-order valence-electron chi connectivity index (χ1n) is 9.65. The molecule has 3 rings (SSSR count). The Morgan fingerprint density at radius 2 is 1.83 bits per heavy atom. The van der Waals surface area contributed by atoms with E-state index in [2.05, 4.69) is 15.2 Å². The van der Waals surface area contributed by atoms with E-state index >= 15 is 0 Å². The number of sulfonamides is 1. The van der Waals surface area contributed by atoms with Crippen LogP contribution in [0.2, 0.25) is 0 Å². The highest BCUT2D eigenvalue weighted by Gasteiger charge is 2.27. The Kier molecular flexibility index (Phi) is 7.05. The lowest BCUT2D eigenvalue weighted by atomic mass is 10.2. The van der Waals surface area contributed by atoms with Gasteiger partial charge >= 0.3 is 0 Å². The first kappa shape index (κ1) is 21.1. The van der Waals surface area contributed by atoms with Crippen molar-refractivity contribution < 1.29 is 17.9 Å². The SMILES string of the molecule is CCOc1ccccc1C(=O)NCCS(=O)(=O)N1CCN(c2ccccn2)CC1. The lowest BCUT2D eigenvalue weighted by molar-refractivity contribution is 0.0952. The number of carbonyl (C=O) groups is 1. The summed E-state index contributed by atoms with van der Waals surface area (Å²) in [6.07, 6.45) is 1.73. The van der Waals surface area contributed by atoms with E-state index in [0.717, 1.165) is 5.82 Å². The Morgan fingerprint density at radius 1 is 1.10 bits per heavy atom. The van der Waals surface area contributed by atoms with Crippen LogP contribution in [0, 0.1) is 0 Å². The fourth-order valence-corrected chi connectivity index (χ4v) is 4.53. The molecule has 0 unspecified atom stereocenters. The van der Waals surface area contributed by atoms with Crippen molar-refractivity contribution in [3.05, 3.63) is 54.2 Å². The first-order chi connectivity index (χ1) is 14.0. The van der Waals surface area contributed by atoms with Crippen molar-refractivity contribution in [2.45, 2.75) is 6.92 Å². The largest absolute Gasteiger partial charge is 0.493 e. The number of aromatic nitrogens is 1. The van der Waals surface area contributed by atoms with E-state index in [1.807, 2.05) is 25.1 Å². The minimum atomic E-state index is -3.45. The molecule has 2 aromatic rings. The van der Waals surface area contributed by atoms with Gasteiger partial charge in [0.05, 0.1) is 17.9 Å². The molecule has 1 aliphatic heterocycles. The van der Waals surface area contributed by atoms with Crippen molar-refractivity contribution in [3.8, 4) is 5.75 Å². The molecule has 1 saturated heterocycles. The van der Waals surface area contributed by atoms with E-state index < -0.39 is 10.0 Å². The van der Waals surface area contributed by atoms with Crippen LogP contribution in [0.4, 0.5) is 5.82 Å². The molecule has 0 spiro atoms. The van der Waals surface area contributed by atoms with Gasteiger partial charge in [0.15, 0.2) is 0 Å². The van der Waals surface area contributed by atoms with Crippen LogP contribution in [0.5, 0.6) is 5.75 Å². The average Bonchev–Trinajstić information content (AvgIpc) is 2.75. The number of benzene rings is 1. The van der Waals surface area contributed by atoms with Gasteiger partial charge < -0.3 is 15.0 Å². The van der Waals surface area contributed by atoms with Crippen molar-refractivity contribution >= 4 is 21.7 Å². The van der Waals surface area contributed by atoms with Gasteiger partial charge in [-0.2, -0.15) is 4.31 Å². The summed E-state index contributed by atoms with van der Waals surface area (Å²) in [5.41, 5.74) is 0.399. The molecule has 1 aliphatic rings.